The van der Waals surface area contributed by atoms with Crippen LogP contribution in [0.15, 0.2) is 9.79 Å². The van der Waals surface area contributed by atoms with Crippen LogP contribution in [-0.4, -0.2) is 70.1 Å². The lowest BCUT2D eigenvalue weighted by Crippen LogP contribution is -2.50. The Morgan fingerprint density at radius 3 is 2.68 bits per heavy atom. The van der Waals surface area contributed by atoms with Crippen molar-refractivity contribution in [3.05, 3.63) is 16.3 Å². The molecule has 2 aliphatic rings. The van der Waals surface area contributed by atoms with E-state index in [9.17, 15) is 9.59 Å². The zero-order valence-electron chi connectivity index (χ0n) is 18.6. The normalized spacial score (nSPS) is 17.0. The molecule has 2 aliphatic heterocycles. The first kappa shape index (κ1) is 25.5. The predicted molar refractivity (Wildman–Crippen MR) is 130 cm³/mol. The number of aryl methyl sites for hydroxylation is 2. The summed E-state index contributed by atoms with van der Waals surface area (Å²) in [6, 6.07) is 0.274. The molecule has 3 rings (SSSR count). The molecule has 0 bridgehead atoms. The number of nitrogens with one attached hydrogen (secondary N) is 2. The molecule has 11 heteroatoms. The summed E-state index contributed by atoms with van der Waals surface area (Å²) >= 11 is 0. The van der Waals surface area contributed by atoms with Crippen LogP contribution >= 0.6 is 24.0 Å². The Labute approximate surface area is 200 Å². The van der Waals surface area contributed by atoms with E-state index in [0.717, 1.165) is 63.4 Å². The van der Waals surface area contributed by atoms with E-state index in [1.54, 1.807) is 14.1 Å². The highest BCUT2D eigenvalue weighted by atomic mass is 127. The molecule has 176 valence electrons. The standard InChI is InChI=1S/C20H35N7O3.HI/c1-3-21-18(23-16-9-14-25(15-10-16)20(29)30-4-2)22-11-7-13-27-19(28)26-12-6-5-8-17(26)24-27;/h16H,3-15H2,1-2H3,(H2,21,22,23);1H. The van der Waals surface area contributed by atoms with Gasteiger partial charge in [0.15, 0.2) is 5.96 Å². The van der Waals surface area contributed by atoms with Crippen molar-refractivity contribution >= 4 is 36.0 Å². The average Bonchev–Trinajstić information content (AvgIpc) is 3.08. The quantitative estimate of drug-likeness (QED) is 0.232. The van der Waals surface area contributed by atoms with Crippen molar-refractivity contribution in [1.29, 1.82) is 0 Å². The molecular weight excluding hydrogens is 513 g/mol. The van der Waals surface area contributed by atoms with Gasteiger partial charge in [0.25, 0.3) is 0 Å². The number of fused-ring (bicyclic) bond motifs is 1. The van der Waals surface area contributed by atoms with Crippen LogP contribution in [0.5, 0.6) is 0 Å². The lowest BCUT2D eigenvalue weighted by atomic mass is 10.1. The maximum atomic E-state index is 12.4. The number of rotatable bonds is 7. The molecule has 1 amide bonds. The fraction of sp³-hybridized carbons (Fsp3) is 0.800. The van der Waals surface area contributed by atoms with Gasteiger partial charge in [-0.2, -0.15) is 5.10 Å². The Kier molecular flexibility index (Phi) is 10.6. The average molecular weight is 549 g/mol. The van der Waals surface area contributed by atoms with Crippen LogP contribution in [0.3, 0.4) is 0 Å². The second-order valence-corrected chi connectivity index (χ2v) is 7.75. The van der Waals surface area contributed by atoms with Gasteiger partial charge in [-0.3, -0.25) is 9.56 Å². The lowest BCUT2D eigenvalue weighted by Gasteiger charge is -2.32. The molecule has 1 fully saturated rings. The van der Waals surface area contributed by atoms with Crippen LogP contribution in [0, 0.1) is 0 Å². The second-order valence-electron chi connectivity index (χ2n) is 7.75. The van der Waals surface area contributed by atoms with Crippen LogP contribution in [0.4, 0.5) is 4.79 Å². The van der Waals surface area contributed by atoms with Gasteiger partial charge in [0.05, 0.1) is 6.61 Å². The fourth-order valence-corrected chi connectivity index (χ4v) is 3.94. The summed E-state index contributed by atoms with van der Waals surface area (Å²) in [6.45, 7) is 8.40. The van der Waals surface area contributed by atoms with Crippen molar-refractivity contribution < 1.29 is 9.53 Å². The Bertz CT molecular complexity index is 784. The minimum atomic E-state index is -0.229. The minimum Gasteiger partial charge on any atom is -0.450 e. The van der Waals surface area contributed by atoms with E-state index in [1.807, 2.05) is 13.8 Å². The van der Waals surface area contributed by atoms with E-state index in [0.29, 0.717) is 32.8 Å². The van der Waals surface area contributed by atoms with E-state index in [4.69, 9.17) is 4.74 Å². The van der Waals surface area contributed by atoms with Crippen molar-refractivity contribution in [2.24, 2.45) is 4.99 Å². The highest BCUT2D eigenvalue weighted by molar-refractivity contribution is 14.0. The number of carbonyl (C=O) groups is 1. The molecule has 0 atom stereocenters. The Hall–Kier alpha value is -1.79. The largest absolute Gasteiger partial charge is 0.450 e. The molecule has 0 spiro atoms. The number of aliphatic imine (C=N–C) groups is 1. The van der Waals surface area contributed by atoms with E-state index < -0.39 is 0 Å². The predicted octanol–water partition coefficient (Wildman–Crippen LogP) is 1.57. The third kappa shape index (κ3) is 7.11. The first-order valence-electron chi connectivity index (χ1n) is 11.3. The molecule has 2 N–H and O–H groups in total. The number of likely N-dealkylation sites (tertiary alicyclic amines) is 1. The molecule has 0 unspecified atom stereocenters. The third-order valence-corrected chi connectivity index (χ3v) is 5.54. The second kappa shape index (κ2) is 12.9. The highest BCUT2D eigenvalue weighted by Crippen LogP contribution is 2.12. The van der Waals surface area contributed by atoms with Gasteiger partial charge >= 0.3 is 11.8 Å². The van der Waals surface area contributed by atoms with Crippen molar-refractivity contribution in [3.8, 4) is 0 Å². The zero-order valence-corrected chi connectivity index (χ0v) is 21.0. The summed E-state index contributed by atoms with van der Waals surface area (Å²) in [5.74, 6) is 1.70. The summed E-state index contributed by atoms with van der Waals surface area (Å²) in [5, 5.41) is 11.2. The molecule has 1 saturated heterocycles. The number of ether oxygens (including phenoxy) is 1. The number of piperidine rings is 1. The number of nitrogens with zero attached hydrogens (tertiary/aromatic N) is 5. The summed E-state index contributed by atoms with van der Waals surface area (Å²) in [6.07, 6.45) is 5.31. The molecule has 3 heterocycles. The number of guanidine groups is 1. The van der Waals surface area contributed by atoms with Gasteiger partial charge in [-0.1, -0.05) is 0 Å². The van der Waals surface area contributed by atoms with E-state index >= 15 is 0 Å². The summed E-state index contributed by atoms with van der Waals surface area (Å²) in [7, 11) is 0. The number of aromatic nitrogens is 3. The highest BCUT2D eigenvalue weighted by Gasteiger charge is 2.24. The van der Waals surface area contributed by atoms with Crippen LogP contribution < -0.4 is 16.3 Å². The van der Waals surface area contributed by atoms with Gasteiger partial charge in [-0.15, -0.1) is 24.0 Å². The van der Waals surface area contributed by atoms with Gasteiger partial charge < -0.3 is 20.3 Å². The summed E-state index contributed by atoms with van der Waals surface area (Å²) in [5.41, 5.74) is 0.00655. The molecule has 0 radical (unpaired) electrons. The monoisotopic (exact) mass is 549 g/mol. The Morgan fingerprint density at radius 2 is 2.00 bits per heavy atom. The van der Waals surface area contributed by atoms with Crippen LogP contribution in [-0.2, 0) is 24.2 Å². The molecule has 10 nitrogen and oxygen atoms in total. The topological polar surface area (TPSA) is 106 Å². The number of carbonyl (C=O) groups excluding carboxylic acids is 1. The van der Waals surface area contributed by atoms with Gasteiger partial charge in [0.2, 0.25) is 0 Å². The first-order valence-corrected chi connectivity index (χ1v) is 11.3. The van der Waals surface area contributed by atoms with E-state index in [2.05, 4.69) is 20.7 Å². The van der Waals surface area contributed by atoms with Crippen LogP contribution in [0.25, 0.3) is 0 Å². The molecule has 0 aliphatic carbocycles. The molecule has 1 aromatic heterocycles. The third-order valence-electron chi connectivity index (χ3n) is 5.54. The number of amides is 1. The van der Waals surface area contributed by atoms with Gasteiger partial charge in [0.1, 0.15) is 5.82 Å². The van der Waals surface area contributed by atoms with Crippen molar-refractivity contribution in [3.63, 3.8) is 0 Å². The van der Waals surface area contributed by atoms with Crippen LogP contribution in [0.2, 0.25) is 0 Å². The first-order chi connectivity index (χ1) is 14.6. The van der Waals surface area contributed by atoms with Crippen molar-refractivity contribution in [1.82, 2.24) is 29.9 Å². The molecule has 31 heavy (non-hydrogen) atoms. The maximum Gasteiger partial charge on any atom is 0.409 e. The maximum absolute atomic E-state index is 12.4. The van der Waals surface area contributed by atoms with Gasteiger partial charge in [0, 0.05) is 51.7 Å². The van der Waals surface area contributed by atoms with Crippen molar-refractivity contribution in [2.75, 3.05) is 32.8 Å². The fourth-order valence-electron chi connectivity index (χ4n) is 3.94. The van der Waals surface area contributed by atoms with E-state index in [-0.39, 0.29) is 41.8 Å². The molecular formula is C20H36IN7O3. The van der Waals surface area contributed by atoms with Crippen LogP contribution in [0.1, 0.15) is 51.8 Å². The number of hydrogen-bond acceptors (Lipinski definition) is 5. The zero-order chi connectivity index (χ0) is 21.3. The Balaban J connectivity index is 0.00000341. The molecule has 0 saturated carbocycles. The van der Waals surface area contributed by atoms with Crippen molar-refractivity contribution in [2.45, 2.75) is 71.5 Å². The Morgan fingerprint density at radius 1 is 1.23 bits per heavy atom. The van der Waals surface area contributed by atoms with E-state index in [1.165, 1.54) is 0 Å². The number of halogens is 1. The smallest absolute Gasteiger partial charge is 0.409 e. The molecule has 0 aromatic carbocycles. The number of hydrogen-bond donors (Lipinski definition) is 2. The molecule has 1 aromatic rings. The summed E-state index contributed by atoms with van der Waals surface area (Å²) in [4.78, 5) is 30.6. The minimum absolute atomic E-state index is 0. The van der Waals surface area contributed by atoms with Gasteiger partial charge in [-0.25, -0.2) is 14.3 Å². The summed E-state index contributed by atoms with van der Waals surface area (Å²) < 4.78 is 8.46. The van der Waals surface area contributed by atoms with Gasteiger partial charge in [-0.05, 0) is 46.0 Å². The SMILES string of the molecule is CCNC(=NCCCn1nc2n(c1=O)CCCC2)NC1CCN(C(=O)OCC)CC1.I. The lowest BCUT2D eigenvalue weighted by molar-refractivity contribution is 0.0963.